The molecular formula is C56H45N4OPtS-3. The summed E-state index contributed by atoms with van der Waals surface area (Å²) in [6.45, 7) is 15.7. The summed E-state index contributed by atoms with van der Waals surface area (Å²) in [5.41, 5.74) is 11.2. The second kappa shape index (κ2) is 15.6. The molecule has 0 saturated carbocycles. The van der Waals surface area contributed by atoms with Gasteiger partial charge in [-0.2, -0.15) is 12.1 Å². The van der Waals surface area contributed by atoms with Gasteiger partial charge in [0.1, 0.15) is 5.82 Å². The maximum Gasteiger partial charge on any atom is 0.136 e. The third-order valence-electron chi connectivity index (χ3n) is 12.0. The molecule has 314 valence electrons. The van der Waals surface area contributed by atoms with Crippen molar-refractivity contribution in [1.29, 1.82) is 0 Å². The van der Waals surface area contributed by atoms with Crippen LogP contribution in [0.15, 0.2) is 158 Å². The van der Waals surface area contributed by atoms with E-state index >= 15 is 0 Å². The van der Waals surface area contributed by atoms with E-state index in [0.29, 0.717) is 11.5 Å². The molecule has 5 nitrogen and oxygen atoms in total. The van der Waals surface area contributed by atoms with E-state index in [4.69, 9.17) is 9.72 Å². The Morgan fingerprint density at radius 3 is 2.10 bits per heavy atom. The van der Waals surface area contributed by atoms with Crippen molar-refractivity contribution in [3.8, 4) is 28.4 Å². The first kappa shape index (κ1) is 40.8. The van der Waals surface area contributed by atoms with Crippen LogP contribution >= 0.6 is 11.3 Å². The number of benzene rings is 7. The van der Waals surface area contributed by atoms with Crippen LogP contribution < -0.4 is 14.5 Å². The van der Waals surface area contributed by atoms with Crippen LogP contribution in [0.3, 0.4) is 0 Å². The number of pyridine rings is 1. The van der Waals surface area contributed by atoms with Crippen LogP contribution in [0, 0.1) is 18.8 Å². The zero-order valence-electron chi connectivity index (χ0n) is 36.0. The summed E-state index contributed by atoms with van der Waals surface area (Å²) >= 11 is 1.82. The molecule has 10 aromatic rings. The van der Waals surface area contributed by atoms with E-state index < -0.39 is 0 Å². The van der Waals surface area contributed by atoms with Gasteiger partial charge in [0.25, 0.3) is 0 Å². The minimum Gasteiger partial charge on any atom is -0.509 e. The molecule has 7 aromatic carbocycles. The van der Waals surface area contributed by atoms with Crippen LogP contribution in [-0.2, 0) is 31.9 Å². The largest absolute Gasteiger partial charge is 0.509 e. The van der Waals surface area contributed by atoms with Gasteiger partial charge in [-0.05, 0) is 80.3 Å². The van der Waals surface area contributed by atoms with Crippen molar-refractivity contribution in [2.24, 2.45) is 0 Å². The number of fused-ring (bicyclic) bond motifs is 8. The van der Waals surface area contributed by atoms with Gasteiger partial charge in [-0.25, -0.2) is 4.98 Å². The molecule has 7 heteroatoms. The summed E-state index contributed by atoms with van der Waals surface area (Å²) in [5.74, 6) is 2.04. The predicted molar refractivity (Wildman–Crippen MR) is 260 cm³/mol. The SMILES string of the molecule is CC(C)(C)c1ccc(-c2ccnc(-n3c4[c-]c(Oc5[c-]c(N6[CH-]N(c7ccccc7C(C)(C)C)c7ccccc76)ccc5)ccc4c4sc5ccc6ccccc6c5c43)c2)cc1.[Pt]. The van der Waals surface area contributed by atoms with Gasteiger partial charge in [0.2, 0.25) is 0 Å². The number of hydrogen-bond donors (Lipinski definition) is 0. The molecular weight excluding hydrogens is 972 g/mol. The van der Waals surface area contributed by atoms with Crippen molar-refractivity contribution in [2.45, 2.75) is 52.4 Å². The van der Waals surface area contributed by atoms with Crippen molar-refractivity contribution >= 4 is 76.1 Å². The molecule has 3 aromatic heterocycles. The van der Waals surface area contributed by atoms with E-state index in [1.165, 1.54) is 36.7 Å². The third-order valence-corrected chi connectivity index (χ3v) is 13.2. The van der Waals surface area contributed by atoms with Crippen LogP contribution in [0.4, 0.5) is 22.7 Å². The van der Waals surface area contributed by atoms with Gasteiger partial charge in [0.05, 0.1) is 5.52 Å². The second-order valence-electron chi connectivity index (χ2n) is 18.2. The Labute approximate surface area is 387 Å². The van der Waals surface area contributed by atoms with Crippen LogP contribution in [0.25, 0.3) is 58.9 Å². The topological polar surface area (TPSA) is 33.5 Å². The van der Waals surface area contributed by atoms with E-state index in [9.17, 15) is 0 Å². The summed E-state index contributed by atoms with van der Waals surface area (Å²) in [7, 11) is 0. The number of rotatable bonds is 6. The Balaban J connectivity index is 0.00000471. The fourth-order valence-corrected chi connectivity index (χ4v) is 10.2. The van der Waals surface area contributed by atoms with E-state index in [1.807, 2.05) is 35.7 Å². The minimum absolute atomic E-state index is 0. The first-order valence-corrected chi connectivity index (χ1v) is 22.0. The van der Waals surface area contributed by atoms with E-state index in [0.717, 1.165) is 56.1 Å². The fourth-order valence-electron chi connectivity index (χ4n) is 8.92. The first-order valence-electron chi connectivity index (χ1n) is 21.2. The molecule has 1 aliphatic rings. The number of anilines is 4. The van der Waals surface area contributed by atoms with E-state index in [-0.39, 0.29) is 31.9 Å². The smallest absolute Gasteiger partial charge is 0.136 e. The van der Waals surface area contributed by atoms with Gasteiger partial charge >= 0.3 is 0 Å². The number of hydrogen-bond acceptors (Lipinski definition) is 5. The fraction of sp³-hybridized carbons (Fsp3) is 0.143. The van der Waals surface area contributed by atoms with Gasteiger partial charge in [-0.15, -0.1) is 54.0 Å². The Morgan fingerprint density at radius 1 is 0.603 bits per heavy atom. The van der Waals surface area contributed by atoms with Crippen LogP contribution in [0.1, 0.15) is 52.7 Å². The molecule has 0 spiro atoms. The number of nitrogens with zero attached hydrogens (tertiary/aromatic N) is 4. The monoisotopic (exact) mass is 1020 g/mol. The van der Waals surface area contributed by atoms with E-state index in [1.54, 1.807) is 0 Å². The Morgan fingerprint density at radius 2 is 1.32 bits per heavy atom. The maximum absolute atomic E-state index is 6.71. The van der Waals surface area contributed by atoms with Crippen molar-refractivity contribution in [1.82, 2.24) is 9.55 Å². The van der Waals surface area contributed by atoms with Crippen LogP contribution in [0.2, 0.25) is 0 Å². The zero-order valence-corrected chi connectivity index (χ0v) is 39.1. The predicted octanol–water partition coefficient (Wildman–Crippen LogP) is 15.6. The number of thiophene rings is 1. The normalized spacial score (nSPS) is 13.0. The summed E-state index contributed by atoms with van der Waals surface area (Å²) in [6, 6.07) is 61.1. The number of ether oxygens (including phenoxy) is 1. The van der Waals surface area contributed by atoms with Gasteiger partial charge in [-0.3, -0.25) is 0 Å². The molecule has 0 amide bonds. The summed E-state index contributed by atoms with van der Waals surface area (Å²) < 4.78 is 11.4. The minimum atomic E-state index is -0.0304. The van der Waals surface area contributed by atoms with Crippen LogP contribution in [0.5, 0.6) is 11.5 Å². The van der Waals surface area contributed by atoms with Crippen molar-refractivity contribution in [2.75, 3.05) is 9.80 Å². The van der Waals surface area contributed by atoms with Crippen molar-refractivity contribution in [3.63, 3.8) is 0 Å². The number of para-hydroxylation sites is 3. The summed E-state index contributed by atoms with van der Waals surface area (Å²) in [6.07, 6.45) is 1.92. The first-order chi connectivity index (χ1) is 30.0. The molecule has 0 unspecified atom stereocenters. The average Bonchev–Trinajstić information content (AvgIpc) is 3.95. The van der Waals surface area contributed by atoms with Crippen LogP contribution in [-0.4, -0.2) is 9.55 Å². The van der Waals surface area contributed by atoms with E-state index in [2.05, 4.69) is 208 Å². The third kappa shape index (κ3) is 7.10. The molecule has 0 radical (unpaired) electrons. The maximum atomic E-state index is 6.71. The van der Waals surface area contributed by atoms with Gasteiger partial charge < -0.3 is 19.1 Å². The molecule has 63 heavy (non-hydrogen) atoms. The molecule has 0 N–H and O–H groups in total. The molecule has 11 rings (SSSR count). The molecule has 0 saturated heterocycles. The molecule has 0 aliphatic carbocycles. The number of aromatic nitrogens is 2. The zero-order chi connectivity index (χ0) is 42.3. The van der Waals surface area contributed by atoms with Gasteiger partial charge in [0.15, 0.2) is 0 Å². The summed E-state index contributed by atoms with van der Waals surface area (Å²) in [4.78, 5) is 9.53. The second-order valence-corrected chi connectivity index (χ2v) is 19.3. The Kier molecular flexibility index (Phi) is 10.1. The average molecular weight is 1020 g/mol. The molecule has 0 atom stereocenters. The Bertz CT molecular complexity index is 3350. The molecule has 0 fully saturated rings. The molecule has 0 bridgehead atoms. The van der Waals surface area contributed by atoms with Crippen molar-refractivity contribution < 1.29 is 25.8 Å². The van der Waals surface area contributed by atoms with Gasteiger partial charge in [0, 0.05) is 70.6 Å². The Hall–Kier alpha value is -6.20. The molecule has 1 aliphatic heterocycles. The van der Waals surface area contributed by atoms with Gasteiger partial charge in [-0.1, -0.05) is 137 Å². The van der Waals surface area contributed by atoms with Crippen molar-refractivity contribution in [3.05, 3.63) is 188 Å². The summed E-state index contributed by atoms with van der Waals surface area (Å²) in [5, 5.41) is 4.76. The molecule has 4 heterocycles. The quantitative estimate of drug-likeness (QED) is 0.155. The standard InChI is InChI=1S/C56H45N4OS.Pt/c1-55(2,3)39-25-22-36(23-26-39)38-30-31-57-51(32-38)60-49-34-42(27-28-44(49)54-53(60)52-43-17-8-7-14-37(43)24-29-50(52)62-54)61-41-16-13-15-40(33-41)58-35-59(48-21-12-11-20-47(48)58)46-19-10-9-18-45(46)56(4,5)6;/h7-32,35H,1-6H3;/q-3;.